The van der Waals surface area contributed by atoms with Crippen molar-refractivity contribution in [3.05, 3.63) is 16.5 Å². The first-order chi connectivity index (χ1) is 10.4. The molecule has 1 fully saturated rings. The molecule has 2 rings (SSSR count). The van der Waals surface area contributed by atoms with Gasteiger partial charge >= 0.3 is 0 Å². The summed E-state index contributed by atoms with van der Waals surface area (Å²) in [7, 11) is -1.74. The fourth-order valence-corrected chi connectivity index (χ4v) is 6.14. The molecule has 0 aromatic carbocycles. The second kappa shape index (κ2) is 7.59. The molecule has 0 aliphatic carbocycles. The van der Waals surface area contributed by atoms with Gasteiger partial charge in [0.2, 0.25) is 0 Å². The predicted molar refractivity (Wildman–Crippen MR) is 90.2 cm³/mol. The summed E-state index contributed by atoms with van der Waals surface area (Å²) >= 11 is 6.99. The zero-order valence-corrected chi connectivity index (χ0v) is 15.5. The van der Waals surface area contributed by atoms with Crippen molar-refractivity contribution < 1.29 is 13.2 Å². The zero-order valence-electron chi connectivity index (χ0n) is 13.2. The van der Waals surface area contributed by atoms with Crippen LogP contribution in [0, 0.1) is 0 Å². The summed E-state index contributed by atoms with van der Waals surface area (Å²) in [6.45, 7) is 6.82. The first-order valence-corrected chi connectivity index (χ1v) is 10.00. The summed E-state index contributed by atoms with van der Waals surface area (Å²) in [5, 5.41) is 0. The summed E-state index contributed by atoms with van der Waals surface area (Å²) in [4.78, 5) is 2.35. The van der Waals surface area contributed by atoms with Crippen LogP contribution in [0.4, 0.5) is 0 Å². The Morgan fingerprint density at radius 3 is 2.45 bits per heavy atom. The van der Waals surface area contributed by atoms with Crippen LogP contribution in [0.15, 0.2) is 16.3 Å². The second-order valence-electron chi connectivity index (χ2n) is 5.66. The van der Waals surface area contributed by atoms with Crippen molar-refractivity contribution in [2.24, 2.45) is 0 Å². The van der Waals surface area contributed by atoms with E-state index in [1.807, 2.05) is 0 Å². The smallest absolute Gasteiger partial charge is 0.252 e. The van der Waals surface area contributed by atoms with Gasteiger partial charge in [0.1, 0.15) is 4.21 Å². The van der Waals surface area contributed by atoms with E-state index in [-0.39, 0.29) is 12.1 Å². The van der Waals surface area contributed by atoms with Crippen molar-refractivity contribution in [1.29, 1.82) is 0 Å². The summed E-state index contributed by atoms with van der Waals surface area (Å²) in [5.41, 5.74) is 0. The van der Waals surface area contributed by atoms with Crippen molar-refractivity contribution >= 4 is 33.0 Å². The van der Waals surface area contributed by atoms with E-state index in [9.17, 15) is 8.42 Å². The summed E-state index contributed by atoms with van der Waals surface area (Å²) < 4.78 is 32.9. The molecule has 1 saturated heterocycles. The third-order valence-electron chi connectivity index (χ3n) is 3.98. The number of methoxy groups -OCH3 is 1. The van der Waals surface area contributed by atoms with Gasteiger partial charge in [0.05, 0.1) is 4.34 Å². The van der Waals surface area contributed by atoms with Gasteiger partial charge in [-0.3, -0.25) is 4.90 Å². The molecule has 0 spiro atoms. The highest BCUT2D eigenvalue weighted by molar-refractivity contribution is 7.91. The maximum absolute atomic E-state index is 12.7. The van der Waals surface area contributed by atoms with E-state index >= 15 is 0 Å². The molecule has 2 unspecified atom stereocenters. The van der Waals surface area contributed by atoms with Crippen LogP contribution in [0.5, 0.6) is 0 Å². The van der Waals surface area contributed by atoms with Crippen molar-refractivity contribution in [3.63, 3.8) is 0 Å². The largest absolute Gasteiger partial charge is 0.385 e. The van der Waals surface area contributed by atoms with Crippen LogP contribution in [0.3, 0.4) is 0 Å². The van der Waals surface area contributed by atoms with Gasteiger partial charge in [0.15, 0.2) is 0 Å². The van der Waals surface area contributed by atoms with Crippen LogP contribution < -0.4 is 0 Å². The molecule has 1 aromatic heterocycles. The SMILES string of the molecule is COCCCN1C(C)CN(S(=O)(=O)c2ccc(Cl)s2)CC1C. The van der Waals surface area contributed by atoms with E-state index in [1.165, 1.54) is 0 Å². The summed E-state index contributed by atoms with van der Waals surface area (Å²) in [6, 6.07) is 3.59. The average molecular weight is 367 g/mol. The monoisotopic (exact) mass is 366 g/mol. The van der Waals surface area contributed by atoms with Crippen LogP contribution in [0.25, 0.3) is 0 Å². The number of hydrogen-bond donors (Lipinski definition) is 0. The topological polar surface area (TPSA) is 49.9 Å². The first-order valence-electron chi connectivity index (χ1n) is 7.36. The fraction of sp³-hybridized carbons (Fsp3) is 0.714. The Balaban J connectivity index is 2.07. The van der Waals surface area contributed by atoms with Gasteiger partial charge < -0.3 is 4.74 Å². The molecule has 1 aliphatic rings. The number of nitrogens with zero attached hydrogens (tertiary/aromatic N) is 2. The van der Waals surface area contributed by atoms with Crippen LogP contribution in [0.2, 0.25) is 4.34 Å². The van der Waals surface area contributed by atoms with E-state index < -0.39 is 10.0 Å². The van der Waals surface area contributed by atoms with Gasteiger partial charge in [0.25, 0.3) is 10.0 Å². The van der Waals surface area contributed by atoms with Crippen LogP contribution in [-0.4, -0.2) is 63.1 Å². The molecular weight excluding hydrogens is 344 g/mol. The molecule has 126 valence electrons. The van der Waals surface area contributed by atoms with E-state index in [0.29, 0.717) is 21.6 Å². The van der Waals surface area contributed by atoms with Gasteiger partial charge in [-0.05, 0) is 32.4 Å². The van der Waals surface area contributed by atoms with Gasteiger partial charge in [-0.25, -0.2) is 8.42 Å². The number of halogens is 1. The molecule has 5 nitrogen and oxygen atoms in total. The maximum atomic E-state index is 12.7. The van der Waals surface area contributed by atoms with Gasteiger partial charge in [-0.15, -0.1) is 11.3 Å². The summed E-state index contributed by atoms with van der Waals surface area (Å²) in [6.07, 6.45) is 0.957. The Labute approximate surface area is 141 Å². The molecule has 2 atom stereocenters. The fourth-order valence-electron chi connectivity index (χ4n) is 2.90. The molecule has 22 heavy (non-hydrogen) atoms. The number of piperazine rings is 1. The molecule has 0 N–H and O–H groups in total. The second-order valence-corrected chi connectivity index (χ2v) is 9.54. The number of sulfonamides is 1. The average Bonchev–Trinajstić information content (AvgIpc) is 2.89. The molecule has 1 aromatic rings. The molecule has 0 bridgehead atoms. The van der Waals surface area contributed by atoms with E-state index in [1.54, 1.807) is 23.5 Å². The van der Waals surface area contributed by atoms with Gasteiger partial charge in [-0.2, -0.15) is 4.31 Å². The lowest BCUT2D eigenvalue weighted by Crippen LogP contribution is -2.58. The van der Waals surface area contributed by atoms with E-state index in [2.05, 4.69) is 18.7 Å². The van der Waals surface area contributed by atoms with E-state index in [4.69, 9.17) is 16.3 Å². The molecule has 8 heteroatoms. The lowest BCUT2D eigenvalue weighted by molar-refractivity contribution is 0.0666. The zero-order chi connectivity index (χ0) is 16.3. The number of rotatable bonds is 6. The standard InChI is InChI=1S/C14H23ClN2O3S2/c1-11-9-16(10-12(2)17(11)7-4-8-20-3)22(18,19)14-6-5-13(15)21-14/h5-6,11-12H,4,7-10H2,1-3H3. The van der Waals surface area contributed by atoms with Crippen molar-refractivity contribution in [2.75, 3.05) is 33.4 Å². The Morgan fingerprint density at radius 1 is 1.32 bits per heavy atom. The van der Waals surface area contributed by atoms with Crippen molar-refractivity contribution in [2.45, 2.75) is 36.6 Å². The highest BCUT2D eigenvalue weighted by atomic mass is 35.5. The minimum absolute atomic E-state index is 0.186. The highest BCUT2D eigenvalue weighted by Gasteiger charge is 2.36. The summed E-state index contributed by atoms with van der Waals surface area (Å²) in [5.74, 6) is 0. The number of hydrogen-bond acceptors (Lipinski definition) is 5. The Kier molecular flexibility index (Phi) is 6.27. The predicted octanol–water partition coefficient (Wildman–Crippen LogP) is 2.52. The third-order valence-corrected chi connectivity index (χ3v) is 7.51. The van der Waals surface area contributed by atoms with Crippen LogP contribution in [-0.2, 0) is 14.8 Å². The minimum atomic E-state index is -3.44. The Bertz CT molecular complexity index is 579. The normalized spacial score (nSPS) is 24.7. The molecule has 1 aliphatic heterocycles. The molecule has 2 heterocycles. The number of ether oxygens (including phenoxy) is 1. The quantitative estimate of drug-likeness (QED) is 0.726. The Morgan fingerprint density at radius 2 is 1.95 bits per heavy atom. The van der Waals surface area contributed by atoms with Crippen molar-refractivity contribution in [1.82, 2.24) is 9.21 Å². The maximum Gasteiger partial charge on any atom is 0.252 e. The first kappa shape index (κ1) is 18.2. The molecule has 0 amide bonds. The number of thiophene rings is 1. The Hall–Kier alpha value is -0.180. The molecular formula is C14H23ClN2O3S2. The van der Waals surface area contributed by atoms with Crippen molar-refractivity contribution in [3.8, 4) is 0 Å². The van der Waals surface area contributed by atoms with Crippen LogP contribution in [0.1, 0.15) is 20.3 Å². The molecule has 0 saturated carbocycles. The molecule has 0 radical (unpaired) electrons. The van der Waals surface area contributed by atoms with Gasteiger partial charge in [-0.1, -0.05) is 11.6 Å². The lowest BCUT2D eigenvalue weighted by Gasteiger charge is -2.43. The third kappa shape index (κ3) is 4.01. The highest BCUT2D eigenvalue weighted by Crippen LogP contribution is 2.30. The van der Waals surface area contributed by atoms with Crippen LogP contribution >= 0.6 is 22.9 Å². The minimum Gasteiger partial charge on any atom is -0.385 e. The lowest BCUT2D eigenvalue weighted by atomic mass is 10.1. The van der Waals surface area contributed by atoms with E-state index in [0.717, 1.165) is 30.9 Å². The van der Waals surface area contributed by atoms with Gasteiger partial charge in [0, 0.05) is 45.4 Å².